The van der Waals surface area contributed by atoms with Crippen LogP contribution in [0.3, 0.4) is 0 Å². The zero-order chi connectivity index (χ0) is 22.7. The van der Waals surface area contributed by atoms with Gasteiger partial charge in [0, 0.05) is 6.26 Å². The van der Waals surface area contributed by atoms with Gasteiger partial charge in [-0.25, -0.2) is 8.42 Å². The highest BCUT2D eigenvalue weighted by atomic mass is 32.2. The lowest BCUT2D eigenvalue weighted by molar-refractivity contribution is -0.160. The average Bonchev–Trinajstić information content (AvgIpc) is 2.63. The van der Waals surface area contributed by atoms with Crippen LogP contribution in [0.2, 0.25) is 0 Å². The lowest BCUT2D eigenvalue weighted by Gasteiger charge is -2.27. The third-order valence-corrected chi connectivity index (χ3v) is 5.73. The summed E-state index contributed by atoms with van der Waals surface area (Å²) in [6, 6.07) is 8.63. The molecule has 1 amide bonds. The van der Waals surface area contributed by atoms with Crippen molar-refractivity contribution in [3.8, 4) is 11.1 Å². The molecule has 30 heavy (non-hydrogen) atoms. The maximum Gasteiger partial charge on any atom is 0.407 e. The molecule has 2 rings (SSSR count). The molecular weight excluding hydrogens is 417 g/mol. The number of halogens is 3. The first-order valence-corrected chi connectivity index (χ1v) is 11.2. The van der Waals surface area contributed by atoms with E-state index in [4.69, 9.17) is 5.73 Å². The second-order valence-corrected chi connectivity index (χ2v) is 9.66. The van der Waals surface area contributed by atoms with Crippen LogP contribution < -0.4 is 11.1 Å². The molecule has 0 spiro atoms. The Morgan fingerprint density at radius 2 is 1.47 bits per heavy atom. The highest BCUT2D eigenvalue weighted by Gasteiger charge is 2.42. The van der Waals surface area contributed by atoms with Crippen LogP contribution in [0, 0.1) is 5.92 Å². The molecule has 0 unspecified atom stereocenters. The number of hydrogen-bond donors (Lipinski definition) is 2. The van der Waals surface area contributed by atoms with Gasteiger partial charge >= 0.3 is 6.18 Å². The van der Waals surface area contributed by atoms with Crippen LogP contribution in [0.5, 0.6) is 0 Å². The van der Waals surface area contributed by atoms with Gasteiger partial charge in [0.2, 0.25) is 5.91 Å². The average molecular weight is 443 g/mol. The molecule has 0 aliphatic rings. The van der Waals surface area contributed by atoms with E-state index in [1.165, 1.54) is 36.4 Å². The fourth-order valence-corrected chi connectivity index (χ4v) is 3.71. The highest BCUT2D eigenvalue weighted by molar-refractivity contribution is 7.90. The Kier molecular flexibility index (Phi) is 7.31. The molecule has 0 aliphatic carbocycles. The Morgan fingerprint density at radius 1 is 1.00 bits per heavy atom. The van der Waals surface area contributed by atoms with Crippen molar-refractivity contribution < 1.29 is 26.4 Å². The monoisotopic (exact) mass is 442 g/mol. The number of carbonyl (C=O) groups is 1. The van der Waals surface area contributed by atoms with Gasteiger partial charge in [-0.15, -0.1) is 0 Å². The molecular formula is C21H25F3N2O3S. The fraction of sp³-hybridized carbons (Fsp3) is 0.381. The minimum absolute atomic E-state index is 0.0128. The number of primary amides is 1. The number of rotatable bonds is 8. The van der Waals surface area contributed by atoms with Crippen molar-refractivity contribution in [1.29, 1.82) is 0 Å². The first-order valence-electron chi connectivity index (χ1n) is 9.31. The first kappa shape index (κ1) is 23.9. The molecule has 0 bridgehead atoms. The molecule has 0 aliphatic heterocycles. The number of alkyl halides is 3. The van der Waals surface area contributed by atoms with E-state index in [2.05, 4.69) is 5.32 Å². The lowest BCUT2D eigenvalue weighted by atomic mass is 9.98. The smallest absolute Gasteiger partial charge is 0.368 e. The maximum atomic E-state index is 13.7. The summed E-state index contributed by atoms with van der Waals surface area (Å²) in [7, 11) is -3.33. The summed E-state index contributed by atoms with van der Waals surface area (Å²) in [4.78, 5) is 11.8. The Labute approximate surface area is 174 Å². The van der Waals surface area contributed by atoms with Crippen molar-refractivity contribution in [3.63, 3.8) is 0 Å². The molecule has 5 nitrogen and oxygen atoms in total. The molecule has 2 atom stereocenters. The van der Waals surface area contributed by atoms with Crippen LogP contribution in [0.15, 0.2) is 53.4 Å². The third-order valence-electron chi connectivity index (χ3n) is 4.61. The molecule has 3 N–H and O–H groups in total. The van der Waals surface area contributed by atoms with Crippen LogP contribution in [0.25, 0.3) is 11.1 Å². The minimum atomic E-state index is -4.62. The number of nitrogens with one attached hydrogen (secondary N) is 1. The van der Waals surface area contributed by atoms with Crippen molar-refractivity contribution in [2.45, 2.75) is 43.4 Å². The van der Waals surface area contributed by atoms with E-state index in [1.54, 1.807) is 26.0 Å². The molecule has 164 valence electrons. The summed E-state index contributed by atoms with van der Waals surface area (Å²) in [6.45, 7) is 3.59. The predicted octanol–water partition coefficient (Wildman–Crippen LogP) is 3.85. The van der Waals surface area contributed by atoms with E-state index in [1.807, 2.05) is 0 Å². The number of amides is 1. The van der Waals surface area contributed by atoms with E-state index in [-0.39, 0.29) is 22.8 Å². The van der Waals surface area contributed by atoms with Crippen molar-refractivity contribution in [1.82, 2.24) is 5.32 Å². The van der Waals surface area contributed by atoms with Crippen molar-refractivity contribution in [2.24, 2.45) is 11.7 Å². The first-order chi connectivity index (χ1) is 13.8. The van der Waals surface area contributed by atoms with Gasteiger partial charge in [-0.2, -0.15) is 13.2 Å². The Morgan fingerprint density at radius 3 is 1.83 bits per heavy atom. The van der Waals surface area contributed by atoms with Gasteiger partial charge in [0.1, 0.15) is 6.04 Å². The highest BCUT2D eigenvalue weighted by Crippen LogP contribution is 2.34. The van der Waals surface area contributed by atoms with Crippen molar-refractivity contribution in [2.75, 3.05) is 6.26 Å². The summed E-state index contributed by atoms with van der Waals surface area (Å²) >= 11 is 0. The lowest BCUT2D eigenvalue weighted by Crippen LogP contribution is -2.47. The van der Waals surface area contributed by atoms with Crippen LogP contribution in [-0.4, -0.2) is 32.8 Å². The third kappa shape index (κ3) is 6.30. The van der Waals surface area contributed by atoms with E-state index >= 15 is 0 Å². The molecule has 0 radical (unpaired) electrons. The predicted molar refractivity (Wildman–Crippen MR) is 109 cm³/mol. The Balaban J connectivity index is 2.30. The van der Waals surface area contributed by atoms with Gasteiger partial charge in [0.25, 0.3) is 0 Å². The van der Waals surface area contributed by atoms with Crippen LogP contribution in [0.4, 0.5) is 13.2 Å². The molecule has 0 saturated carbocycles. The summed E-state index contributed by atoms with van der Waals surface area (Å²) < 4.78 is 64.1. The molecule has 0 heterocycles. The van der Waals surface area contributed by atoms with E-state index in [0.29, 0.717) is 11.1 Å². The van der Waals surface area contributed by atoms with Crippen LogP contribution in [0.1, 0.15) is 31.9 Å². The number of hydrogen-bond acceptors (Lipinski definition) is 4. The summed E-state index contributed by atoms with van der Waals surface area (Å²) in [5, 5.41) is 2.36. The Hall–Kier alpha value is -2.39. The number of sulfone groups is 1. The van der Waals surface area contributed by atoms with Crippen molar-refractivity contribution in [3.05, 3.63) is 54.1 Å². The van der Waals surface area contributed by atoms with E-state index in [0.717, 1.165) is 6.26 Å². The second kappa shape index (κ2) is 9.18. The van der Waals surface area contributed by atoms with E-state index < -0.39 is 34.0 Å². The molecule has 2 aromatic rings. The largest absolute Gasteiger partial charge is 0.407 e. The zero-order valence-electron chi connectivity index (χ0n) is 16.9. The minimum Gasteiger partial charge on any atom is -0.368 e. The second-order valence-electron chi connectivity index (χ2n) is 7.64. The molecule has 0 aromatic heterocycles. The fourth-order valence-electron chi connectivity index (χ4n) is 3.08. The molecule has 0 saturated heterocycles. The molecule has 9 heteroatoms. The standard InChI is InChI=1S/C21H25F3N2O3S/c1-13(2)12-18(20(25)27)26-19(21(22,23)24)16-6-4-14(5-7-16)15-8-10-17(11-9-15)30(3,28)29/h4-11,13,18-19,26H,12H2,1-3H3,(H2,25,27)/t18-,19-/m0/s1. The van der Waals surface area contributed by atoms with Gasteiger partial charge in [-0.3, -0.25) is 10.1 Å². The van der Waals surface area contributed by atoms with Crippen LogP contribution in [-0.2, 0) is 14.6 Å². The van der Waals surface area contributed by atoms with Crippen LogP contribution >= 0.6 is 0 Å². The summed E-state index contributed by atoms with van der Waals surface area (Å²) in [6.07, 6.45) is -3.34. The van der Waals surface area contributed by atoms with Crippen molar-refractivity contribution >= 4 is 15.7 Å². The molecule has 0 fully saturated rings. The normalized spacial score (nSPS) is 14.5. The van der Waals surface area contributed by atoms with Gasteiger partial charge in [0.05, 0.1) is 10.9 Å². The molecule has 2 aromatic carbocycles. The van der Waals surface area contributed by atoms with Gasteiger partial charge in [-0.1, -0.05) is 50.2 Å². The summed E-state index contributed by atoms with van der Waals surface area (Å²) in [5.74, 6) is -0.846. The quantitative estimate of drug-likeness (QED) is 0.650. The van der Waals surface area contributed by atoms with Gasteiger partial charge in [0.15, 0.2) is 9.84 Å². The SMILES string of the molecule is CC(C)C[C@H](N[C@@H](c1ccc(-c2ccc(S(C)(=O)=O)cc2)cc1)C(F)(F)F)C(N)=O. The maximum absolute atomic E-state index is 13.7. The summed E-state index contributed by atoms with van der Waals surface area (Å²) in [5.41, 5.74) is 6.54. The Bertz CT molecular complexity index is 970. The van der Waals surface area contributed by atoms with E-state index in [9.17, 15) is 26.4 Å². The number of nitrogens with two attached hydrogens (primary N) is 1. The van der Waals surface area contributed by atoms with Gasteiger partial charge < -0.3 is 5.73 Å². The zero-order valence-corrected chi connectivity index (χ0v) is 17.7. The topological polar surface area (TPSA) is 89.3 Å². The number of carbonyl (C=O) groups excluding carboxylic acids is 1. The number of benzene rings is 2. The van der Waals surface area contributed by atoms with Gasteiger partial charge in [-0.05, 0) is 41.2 Å².